The molecule has 3 rings (SSSR count). The van der Waals surface area contributed by atoms with Crippen molar-refractivity contribution >= 4 is 23.2 Å². The minimum absolute atomic E-state index is 0.0816. The average Bonchev–Trinajstić information content (AvgIpc) is 2.82. The van der Waals surface area contributed by atoms with Crippen LogP contribution in [0.3, 0.4) is 0 Å². The molecule has 1 aliphatic rings. The number of fused-ring (bicyclic) bond motifs is 1. The molecule has 0 radical (unpaired) electrons. The van der Waals surface area contributed by atoms with Gasteiger partial charge in [0.15, 0.2) is 0 Å². The first-order valence-electron chi connectivity index (χ1n) is 6.05. The van der Waals surface area contributed by atoms with Crippen LogP contribution in [0, 0.1) is 0 Å². The molecule has 0 fully saturated rings. The van der Waals surface area contributed by atoms with Crippen LogP contribution in [-0.4, -0.2) is 17.6 Å². The fourth-order valence-electron chi connectivity index (χ4n) is 2.38. The number of hydrogen-bond donors (Lipinski definition) is 1. The quantitative estimate of drug-likeness (QED) is 0.866. The number of nitrogens with zero attached hydrogens (tertiary/aromatic N) is 1. The van der Waals surface area contributed by atoms with Crippen LogP contribution in [-0.2, 0) is 6.42 Å². The lowest BCUT2D eigenvalue weighted by Crippen LogP contribution is -2.28. The fraction of sp³-hybridized carbons (Fsp3) is 0.133. The Bertz CT molecular complexity index is 654. The molecule has 4 heteroatoms. The van der Waals surface area contributed by atoms with Crippen molar-refractivity contribution < 1.29 is 9.90 Å². The Hall–Kier alpha value is -2.00. The number of carbonyl (C=O) groups is 1. The summed E-state index contributed by atoms with van der Waals surface area (Å²) in [4.78, 5) is 14.2. The summed E-state index contributed by atoms with van der Waals surface area (Å²) in [5.74, 6) is -0.277. The maximum atomic E-state index is 12.5. The number of benzene rings is 2. The molecule has 3 nitrogen and oxygen atoms in total. The molecule has 0 bridgehead atoms. The normalized spacial score (nSPS) is 13.4. The van der Waals surface area contributed by atoms with E-state index in [1.165, 1.54) is 6.07 Å². The molecule has 19 heavy (non-hydrogen) atoms. The zero-order valence-electron chi connectivity index (χ0n) is 10.1. The molecular formula is C15H12ClNO2. The van der Waals surface area contributed by atoms with Gasteiger partial charge in [-0.25, -0.2) is 0 Å². The Morgan fingerprint density at radius 3 is 2.79 bits per heavy atom. The van der Waals surface area contributed by atoms with Gasteiger partial charge in [0.25, 0.3) is 5.91 Å². The Balaban J connectivity index is 1.98. The maximum absolute atomic E-state index is 12.5. The highest BCUT2D eigenvalue weighted by Gasteiger charge is 2.26. The Morgan fingerprint density at radius 2 is 2.00 bits per heavy atom. The minimum atomic E-state index is -0.195. The number of aromatic hydroxyl groups is 1. The fourth-order valence-corrected chi connectivity index (χ4v) is 2.55. The number of phenols is 1. The van der Waals surface area contributed by atoms with Crippen LogP contribution in [0.15, 0.2) is 42.5 Å². The highest BCUT2D eigenvalue weighted by molar-refractivity contribution is 6.31. The number of para-hydroxylation sites is 1. The van der Waals surface area contributed by atoms with E-state index in [0.29, 0.717) is 11.6 Å². The number of rotatable bonds is 1. The number of carbonyl (C=O) groups excluding carboxylic acids is 1. The summed E-state index contributed by atoms with van der Waals surface area (Å²) in [5, 5.41) is 10.3. The molecule has 0 saturated heterocycles. The van der Waals surface area contributed by atoms with Crippen LogP contribution in [0.5, 0.6) is 5.75 Å². The molecular weight excluding hydrogens is 262 g/mol. The minimum Gasteiger partial charge on any atom is -0.507 e. The smallest absolute Gasteiger partial charge is 0.262 e. The van der Waals surface area contributed by atoms with E-state index in [2.05, 4.69) is 0 Å². The van der Waals surface area contributed by atoms with Crippen LogP contribution < -0.4 is 4.90 Å². The van der Waals surface area contributed by atoms with Gasteiger partial charge in [0.2, 0.25) is 0 Å². The molecule has 0 atom stereocenters. The van der Waals surface area contributed by atoms with E-state index >= 15 is 0 Å². The van der Waals surface area contributed by atoms with Gasteiger partial charge in [0.1, 0.15) is 5.75 Å². The first kappa shape index (κ1) is 12.1. The zero-order chi connectivity index (χ0) is 13.4. The molecule has 0 aliphatic carbocycles. The van der Waals surface area contributed by atoms with Gasteiger partial charge in [-0.2, -0.15) is 0 Å². The van der Waals surface area contributed by atoms with E-state index in [9.17, 15) is 9.90 Å². The summed E-state index contributed by atoms with van der Waals surface area (Å²) in [6.07, 6.45) is 0.844. The lowest BCUT2D eigenvalue weighted by molar-refractivity contribution is 0.0987. The Labute approximate surface area is 116 Å². The van der Waals surface area contributed by atoms with Crippen LogP contribution in [0.2, 0.25) is 5.02 Å². The van der Waals surface area contributed by atoms with Crippen molar-refractivity contribution in [1.29, 1.82) is 0 Å². The van der Waals surface area contributed by atoms with E-state index in [0.717, 1.165) is 17.7 Å². The van der Waals surface area contributed by atoms with Crippen molar-refractivity contribution in [2.75, 3.05) is 11.4 Å². The van der Waals surface area contributed by atoms with E-state index in [4.69, 9.17) is 11.6 Å². The Morgan fingerprint density at radius 1 is 1.21 bits per heavy atom. The van der Waals surface area contributed by atoms with Gasteiger partial charge in [-0.3, -0.25) is 4.79 Å². The van der Waals surface area contributed by atoms with Crippen molar-refractivity contribution in [3.8, 4) is 5.75 Å². The molecule has 1 N–H and O–H groups in total. The van der Waals surface area contributed by atoms with Gasteiger partial charge in [-0.15, -0.1) is 0 Å². The van der Waals surface area contributed by atoms with Gasteiger partial charge < -0.3 is 10.0 Å². The van der Waals surface area contributed by atoms with Crippen molar-refractivity contribution in [3.05, 3.63) is 58.6 Å². The average molecular weight is 274 g/mol. The van der Waals surface area contributed by atoms with E-state index in [-0.39, 0.29) is 17.2 Å². The van der Waals surface area contributed by atoms with Crippen LogP contribution in [0.1, 0.15) is 15.9 Å². The summed E-state index contributed by atoms with van der Waals surface area (Å²) in [7, 11) is 0. The maximum Gasteiger partial charge on any atom is 0.262 e. The number of anilines is 1. The van der Waals surface area contributed by atoms with E-state index < -0.39 is 0 Å². The predicted molar refractivity (Wildman–Crippen MR) is 74.9 cm³/mol. The highest BCUT2D eigenvalue weighted by Crippen LogP contribution is 2.31. The lowest BCUT2D eigenvalue weighted by Gasteiger charge is -2.18. The summed E-state index contributed by atoms with van der Waals surface area (Å²) in [6, 6.07) is 12.4. The first-order chi connectivity index (χ1) is 9.16. The third-order valence-electron chi connectivity index (χ3n) is 3.32. The number of hydrogen-bond acceptors (Lipinski definition) is 2. The SMILES string of the molecule is O=C(c1ccc(Cl)cc1O)N1CCc2ccccc21. The molecule has 96 valence electrons. The molecule has 1 heterocycles. The molecule has 0 spiro atoms. The predicted octanol–water partition coefficient (Wildman–Crippen LogP) is 3.25. The van der Waals surface area contributed by atoms with Crippen LogP contribution in [0.4, 0.5) is 5.69 Å². The molecule has 1 amide bonds. The van der Waals surface area contributed by atoms with Gasteiger partial charge in [-0.1, -0.05) is 29.8 Å². The summed E-state index contributed by atoms with van der Waals surface area (Å²) in [5.41, 5.74) is 2.35. The number of amides is 1. The zero-order valence-corrected chi connectivity index (χ0v) is 10.9. The molecule has 0 saturated carbocycles. The second-order valence-corrected chi connectivity index (χ2v) is 4.93. The van der Waals surface area contributed by atoms with Crippen LogP contribution in [0.25, 0.3) is 0 Å². The van der Waals surface area contributed by atoms with E-state index in [1.807, 2.05) is 24.3 Å². The molecule has 2 aromatic rings. The largest absolute Gasteiger partial charge is 0.507 e. The second kappa shape index (κ2) is 4.59. The number of halogens is 1. The lowest BCUT2D eigenvalue weighted by atomic mass is 10.1. The summed E-state index contributed by atoms with van der Waals surface area (Å²) >= 11 is 5.78. The summed E-state index contributed by atoms with van der Waals surface area (Å²) in [6.45, 7) is 0.639. The molecule has 2 aromatic carbocycles. The second-order valence-electron chi connectivity index (χ2n) is 4.50. The standard InChI is InChI=1S/C15H12ClNO2/c16-11-5-6-12(14(18)9-11)15(19)17-8-7-10-3-1-2-4-13(10)17/h1-6,9,18H,7-8H2. The van der Waals surface area contributed by atoms with Gasteiger partial charge in [0.05, 0.1) is 5.56 Å². The first-order valence-corrected chi connectivity index (χ1v) is 6.43. The Kier molecular flexibility index (Phi) is 2.91. The summed E-state index contributed by atoms with van der Waals surface area (Å²) < 4.78 is 0. The van der Waals surface area contributed by atoms with Crippen molar-refractivity contribution in [1.82, 2.24) is 0 Å². The van der Waals surface area contributed by atoms with Gasteiger partial charge in [-0.05, 0) is 36.2 Å². The van der Waals surface area contributed by atoms with E-state index in [1.54, 1.807) is 17.0 Å². The van der Waals surface area contributed by atoms with Gasteiger partial charge >= 0.3 is 0 Å². The number of phenolic OH excluding ortho intramolecular Hbond substituents is 1. The van der Waals surface area contributed by atoms with Crippen molar-refractivity contribution in [2.45, 2.75) is 6.42 Å². The molecule has 0 aromatic heterocycles. The van der Waals surface area contributed by atoms with Crippen molar-refractivity contribution in [3.63, 3.8) is 0 Å². The molecule has 0 unspecified atom stereocenters. The van der Waals surface area contributed by atoms with Gasteiger partial charge in [0, 0.05) is 17.3 Å². The third kappa shape index (κ3) is 2.06. The topological polar surface area (TPSA) is 40.5 Å². The van der Waals surface area contributed by atoms with Crippen LogP contribution >= 0.6 is 11.6 Å². The monoisotopic (exact) mass is 273 g/mol. The molecule has 1 aliphatic heterocycles. The highest BCUT2D eigenvalue weighted by atomic mass is 35.5. The van der Waals surface area contributed by atoms with Crippen molar-refractivity contribution in [2.24, 2.45) is 0 Å². The third-order valence-corrected chi connectivity index (χ3v) is 3.56.